The van der Waals surface area contributed by atoms with Gasteiger partial charge in [-0.1, -0.05) is 0 Å². The van der Waals surface area contributed by atoms with Gasteiger partial charge in [-0.05, 0) is 62.3 Å². The smallest absolute Gasteiger partial charge is 0.302 e. The lowest BCUT2D eigenvalue weighted by atomic mass is 10.4. The molecule has 0 fully saturated rings. The summed E-state index contributed by atoms with van der Waals surface area (Å²) in [6, 6.07) is 0. The second-order valence-corrected chi connectivity index (χ2v) is 5.39. The van der Waals surface area contributed by atoms with Gasteiger partial charge < -0.3 is 14.2 Å². The quantitative estimate of drug-likeness (QED) is 0.712. The summed E-state index contributed by atoms with van der Waals surface area (Å²) >= 11 is 0. The summed E-state index contributed by atoms with van der Waals surface area (Å²) < 4.78 is 14.9. The number of hydrogen-bond acceptors (Lipinski definition) is 4. The molecule has 0 heterocycles. The Labute approximate surface area is 126 Å². The van der Waals surface area contributed by atoms with Crippen LogP contribution in [0.25, 0.3) is 0 Å². The van der Waals surface area contributed by atoms with Crippen molar-refractivity contribution in [1.82, 2.24) is 0 Å². The van der Waals surface area contributed by atoms with Crippen LogP contribution in [-0.2, 0) is 19.0 Å². The molecule has 124 valence electrons. The zero-order valence-corrected chi connectivity index (χ0v) is 15.1. The maximum absolute atomic E-state index is 9.82. The van der Waals surface area contributed by atoms with E-state index < -0.39 is 0 Å². The molecule has 0 aliphatic rings. The van der Waals surface area contributed by atoms with Crippen molar-refractivity contribution < 1.29 is 19.0 Å². The zero-order chi connectivity index (χ0) is 16.7. The van der Waals surface area contributed by atoms with E-state index in [2.05, 4.69) is 4.74 Å². The average Bonchev–Trinajstić information content (AvgIpc) is 2.13. The molecule has 0 atom stereocenters. The number of hydrogen-bond donors (Lipinski definition) is 0. The summed E-state index contributed by atoms with van der Waals surface area (Å²) in [5.74, 6) is -0.211. The average molecular weight is 292 g/mol. The van der Waals surface area contributed by atoms with E-state index in [1.807, 2.05) is 55.4 Å². The molecule has 0 aromatic rings. The van der Waals surface area contributed by atoms with Gasteiger partial charge in [0.2, 0.25) is 0 Å². The standard InChI is InChI=1S/2C6H14O.C4H8O2/c2*1-5(2)7-6(3)4;1-3-6-4(2)5/h2*5-6H,1-4H3;3H2,1-2H3. The number of rotatable bonds is 5. The summed E-state index contributed by atoms with van der Waals surface area (Å²) in [6.07, 6.45) is 1.50. The van der Waals surface area contributed by atoms with E-state index in [9.17, 15) is 4.79 Å². The minimum atomic E-state index is -0.211. The van der Waals surface area contributed by atoms with Crippen LogP contribution in [0.5, 0.6) is 0 Å². The first-order chi connectivity index (χ1) is 9.02. The maximum atomic E-state index is 9.82. The number of ether oxygens (including phenoxy) is 3. The first kappa shape index (κ1) is 24.4. The van der Waals surface area contributed by atoms with Crippen molar-refractivity contribution in [2.75, 3.05) is 6.61 Å². The Bertz CT molecular complexity index is 173. The maximum Gasteiger partial charge on any atom is 0.302 e. The highest BCUT2D eigenvalue weighted by atomic mass is 16.5. The predicted octanol–water partition coefficient (Wildman–Crippen LogP) is 4.21. The summed E-state index contributed by atoms with van der Waals surface area (Å²) in [5, 5.41) is 0. The summed E-state index contributed by atoms with van der Waals surface area (Å²) in [7, 11) is 0. The van der Waals surface area contributed by atoms with Crippen molar-refractivity contribution in [3.63, 3.8) is 0 Å². The predicted molar refractivity (Wildman–Crippen MR) is 85.0 cm³/mol. The highest BCUT2D eigenvalue weighted by Crippen LogP contribution is 1.93. The summed E-state index contributed by atoms with van der Waals surface area (Å²) in [5.41, 5.74) is 0. The number of carbonyl (C=O) groups excluding carboxylic acids is 1. The molecule has 0 aliphatic heterocycles. The van der Waals surface area contributed by atoms with E-state index in [1.165, 1.54) is 6.92 Å². The van der Waals surface area contributed by atoms with Crippen molar-refractivity contribution in [3.8, 4) is 0 Å². The van der Waals surface area contributed by atoms with Crippen molar-refractivity contribution in [2.45, 2.75) is 93.7 Å². The summed E-state index contributed by atoms with van der Waals surface area (Å²) in [4.78, 5) is 9.82. The third-order valence-corrected chi connectivity index (χ3v) is 1.44. The van der Waals surface area contributed by atoms with Crippen LogP contribution in [0, 0.1) is 0 Å². The molecule has 4 heteroatoms. The highest BCUT2D eigenvalue weighted by Gasteiger charge is 1.94. The molecule has 0 N–H and O–H groups in total. The molecule has 0 saturated heterocycles. The van der Waals surface area contributed by atoms with Crippen LogP contribution in [0.1, 0.15) is 69.2 Å². The third kappa shape index (κ3) is 43.3. The lowest BCUT2D eigenvalue weighted by Crippen LogP contribution is -2.09. The van der Waals surface area contributed by atoms with E-state index in [-0.39, 0.29) is 5.97 Å². The van der Waals surface area contributed by atoms with Crippen LogP contribution in [0.4, 0.5) is 0 Å². The van der Waals surface area contributed by atoms with E-state index in [0.717, 1.165) is 0 Å². The molecule has 0 amide bonds. The fourth-order valence-electron chi connectivity index (χ4n) is 1.29. The van der Waals surface area contributed by atoms with Gasteiger partial charge in [-0.25, -0.2) is 0 Å². The SMILES string of the molecule is CC(C)OC(C)C.CC(C)OC(C)C.CCOC(C)=O. The van der Waals surface area contributed by atoms with Crippen molar-refractivity contribution >= 4 is 5.97 Å². The van der Waals surface area contributed by atoms with Gasteiger partial charge in [0.1, 0.15) is 0 Å². The van der Waals surface area contributed by atoms with E-state index in [4.69, 9.17) is 9.47 Å². The minimum absolute atomic E-state index is 0.211. The van der Waals surface area contributed by atoms with Crippen molar-refractivity contribution in [3.05, 3.63) is 0 Å². The van der Waals surface area contributed by atoms with Gasteiger partial charge in [0.15, 0.2) is 0 Å². The Hall–Kier alpha value is -0.610. The first-order valence-corrected chi connectivity index (χ1v) is 7.47. The Kier molecular flexibility index (Phi) is 20.1. The van der Waals surface area contributed by atoms with Crippen molar-refractivity contribution in [1.29, 1.82) is 0 Å². The highest BCUT2D eigenvalue weighted by molar-refractivity contribution is 5.65. The molecule has 0 bridgehead atoms. The zero-order valence-electron chi connectivity index (χ0n) is 15.1. The summed E-state index contributed by atoms with van der Waals surface area (Å²) in [6.45, 7) is 20.0. The fraction of sp³-hybridized carbons (Fsp3) is 0.938. The number of carbonyl (C=O) groups is 1. The lowest BCUT2D eigenvalue weighted by Gasteiger charge is -2.09. The van der Waals surface area contributed by atoms with Gasteiger partial charge >= 0.3 is 5.97 Å². The third-order valence-electron chi connectivity index (χ3n) is 1.44. The molecule has 0 aliphatic carbocycles. The van der Waals surface area contributed by atoms with E-state index in [0.29, 0.717) is 31.0 Å². The molecule has 0 aromatic heterocycles. The topological polar surface area (TPSA) is 44.8 Å². The van der Waals surface area contributed by atoms with Crippen LogP contribution in [0.15, 0.2) is 0 Å². The number of esters is 1. The van der Waals surface area contributed by atoms with Crippen LogP contribution in [0.2, 0.25) is 0 Å². The van der Waals surface area contributed by atoms with Gasteiger partial charge in [0.25, 0.3) is 0 Å². The molecule has 0 aromatic carbocycles. The molecule has 0 spiro atoms. The Morgan fingerprint density at radius 3 is 1.00 bits per heavy atom. The Balaban J connectivity index is -0.000000218. The van der Waals surface area contributed by atoms with E-state index >= 15 is 0 Å². The fourth-order valence-corrected chi connectivity index (χ4v) is 1.29. The van der Waals surface area contributed by atoms with Crippen LogP contribution >= 0.6 is 0 Å². The normalized spacial score (nSPS) is 10.1. The first-order valence-electron chi connectivity index (χ1n) is 7.47. The van der Waals surface area contributed by atoms with Crippen molar-refractivity contribution in [2.24, 2.45) is 0 Å². The van der Waals surface area contributed by atoms with Gasteiger partial charge in [-0.3, -0.25) is 4.79 Å². The molecule has 0 unspecified atom stereocenters. The molecule has 20 heavy (non-hydrogen) atoms. The molecular formula is C16H36O4. The Morgan fingerprint density at radius 1 is 0.750 bits per heavy atom. The van der Waals surface area contributed by atoms with Crippen LogP contribution in [-0.4, -0.2) is 37.0 Å². The van der Waals surface area contributed by atoms with E-state index in [1.54, 1.807) is 6.92 Å². The molecular weight excluding hydrogens is 256 g/mol. The molecule has 4 nitrogen and oxygen atoms in total. The van der Waals surface area contributed by atoms with Gasteiger partial charge in [-0.15, -0.1) is 0 Å². The molecule has 0 saturated carbocycles. The largest absolute Gasteiger partial charge is 0.466 e. The van der Waals surface area contributed by atoms with Crippen LogP contribution < -0.4 is 0 Å². The molecule has 0 rings (SSSR count). The monoisotopic (exact) mass is 292 g/mol. The Morgan fingerprint density at radius 2 is 1.00 bits per heavy atom. The van der Waals surface area contributed by atoms with Gasteiger partial charge in [0, 0.05) is 6.92 Å². The second kappa shape index (κ2) is 16.4. The molecule has 0 radical (unpaired) electrons. The van der Waals surface area contributed by atoms with Gasteiger partial charge in [-0.2, -0.15) is 0 Å². The lowest BCUT2D eigenvalue weighted by molar-refractivity contribution is -0.140. The van der Waals surface area contributed by atoms with Gasteiger partial charge in [0.05, 0.1) is 31.0 Å². The van der Waals surface area contributed by atoms with Crippen LogP contribution in [0.3, 0.4) is 0 Å². The minimum Gasteiger partial charge on any atom is -0.466 e. The second-order valence-electron chi connectivity index (χ2n) is 5.39.